The van der Waals surface area contributed by atoms with Gasteiger partial charge in [0.05, 0.1) is 18.8 Å². The van der Waals surface area contributed by atoms with Crippen LogP contribution in [0.25, 0.3) is 0 Å². The minimum atomic E-state index is -0.296. The van der Waals surface area contributed by atoms with Gasteiger partial charge in [0.15, 0.2) is 0 Å². The molecule has 2 aliphatic rings. The van der Waals surface area contributed by atoms with Crippen LogP contribution >= 0.6 is 11.6 Å². The molecule has 0 saturated heterocycles. The summed E-state index contributed by atoms with van der Waals surface area (Å²) in [4.78, 5) is 11.7. The zero-order chi connectivity index (χ0) is 11.8. The Morgan fingerprint density at radius 1 is 1.24 bits per heavy atom. The van der Waals surface area contributed by atoms with Crippen LogP contribution in [0, 0.1) is 0 Å². The molecule has 1 aromatic carbocycles. The predicted octanol–water partition coefficient (Wildman–Crippen LogP) is 2.65. The maximum absolute atomic E-state index is 11.7. The van der Waals surface area contributed by atoms with Crippen LogP contribution in [-0.4, -0.2) is 19.2 Å². The van der Waals surface area contributed by atoms with Gasteiger partial charge in [-0.1, -0.05) is 23.7 Å². The van der Waals surface area contributed by atoms with Gasteiger partial charge in [0, 0.05) is 11.4 Å². The number of carbonyl (C=O) groups excluding carboxylic acids is 1. The SMILES string of the molecule is O=C1OCCC2=C1C(c1ccc(Cl)cc1)OC2. The second kappa shape index (κ2) is 4.17. The van der Waals surface area contributed by atoms with Crippen molar-refractivity contribution >= 4 is 17.6 Å². The average molecular weight is 251 g/mol. The molecule has 3 nitrogen and oxygen atoms in total. The van der Waals surface area contributed by atoms with E-state index in [1.165, 1.54) is 0 Å². The van der Waals surface area contributed by atoms with Crippen molar-refractivity contribution in [3.05, 3.63) is 46.0 Å². The van der Waals surface area contributed by atoms with Gasteiger partial charge in [-0.15, -0.1) is 0 Å². The molecule has 2 aliphatic heterocycles. The lowest BCUT2D eigenvalue weighted by Crippen LogP contribution is -2.18. The highest BCUT2D eigenvalue weighted by molar-refractivity contribution is 6.30. The quantitative estimate of drug-likeness (QED) is 0.719. The second-order valence-corrected chi connectivity index (χ2v) is 4.58. The molecule has 0 aliphatic carbocycles. The van der Waals surface area contributed by atoms with E-state index in [-0.39, 0.29) is 12.1 Å². The fraction of sp³-hybridized carbons (Fsp3) is 0.308. The van der Waals surface area contributed by atoms with Crippen LogP contribution in [0.1, 0.15) is 18.1 Å². The molecule has 0 aromatic heterocycles. The first-order valence-corrected chi connectivity index (χ1v) is 5.89. The molecule has 0 spiro atoms. The molecular weight excluding hydrogens is 240 g/mol. The van der Waals surface area contributed by atoms with E-state index in [9.17, 15) is 4.79 Å². The summed E-state index contributed by atoms with van der Waals surface area (Å²) in [5.74, 6) is -0.247. The van der Waals surface area contributed by atoms with E-state index >= 15 is 0 Å². The third-order valence-corrected chi connectivity index (χ3v) is 3.35. The minimum Gasteiger partial charge on any atom is -0.462 e. The van der Waals surface area contributed by atoms with E-state index in [1.54, 1.807) is 12.1 Å². The summed E-state index contributed by atoms with van der Waals surface area (Å²) in [6, 6.07) is 7.36. The Balaban J connectivity index is 1.97. The molecule has 0 bridgehead atoms. The maximum Gasteiger partial charge on any atom is 0.337 e. The monoisotopic (exact) mass is 250 g/mol. The zero-order valence-corrected chi connectivity index (χ0v) is 9.87. The molecular formula is C13H11ClO3. The first-order valence-electron chi connectivity index (χ1n) is 5.52. The van der Waals surface area contributed by atoms with Gasteiger partial charge >= 0.3 is 5.97 Å². The minimum absolute atomic E-state index is 0.247. The summed E-state index contributed by atoms with van der Waals surface area (Å²) in [7, 11) is 0. The number of carbonyl (C=O) groups is 1. The maximum atomic E-state index is 11.7. The molecule has 4 heteroatoms. The Kier molecular flexibility index (Phi) is 2.65. The standard InChI is InChI=1S/C13H11ClO3/c14-10-3-1-8(2-4-10)12-11-9(7-17-12)5-6-16-13(11)15/h1-4,12H,5-7H2. The van der Waals surface area contributed by atoms with Crippen LogP contribution in [0.3, 0.4) is 0 Å². The molecule has 1 unspecified atom stereocenters. The normalized spacial score (nSPS) is 23.6. The molecule has 1 atom stereocenters. The van der Waals surface area contributed by atoms with Crippen molar-refractivity contribution < 1.29 is 14.3 Å². The number of hydrogen-bond donors (Lipinski definition) is 0. The molecule has 88 valence electrons. The first kappa shape index (κ1) is 10.8. The summed E-state index contributed by atoms with van der Waals surface area (Å²) in [5.41, 5.74) is 2.69. The molecule has 0 fully saturated rings. The Labute approximate surface area is 104 Å². The van der Waals surface area contributed by atoms with Gasteiger partial charge in [-0.3, -0.25) is 0 Å². The Morgan fingerprint density at radius 2 is 2.00 bits per heavy atom. The van der Waals surface area contributed by atoms with Crippen LogP contribution in [0.4, 0.5) is 0 Å². The topological polar surface area (TPSA) is 35.5 Å². The number of ether oxygens (including phenoxy) is 2. The first-order chi connectivity index (χ1) is 8.25. The van der Waals surface area contributed by atoms with Gasteiger partial charge < -0.3 is 9.47 Å². The molecule has 1 aromatic rings. The molecule has 0 amide bonds. The molecule has 0 N–H and O–H groups in total. The highest BCUT2D eigenvalue weighted by Crippen LogP contribution is 2.38. The third kappa shape index (κ3) is 1.85. The summed E-state index contributed by atoms with van der Waals surface area (Å²) < 4.78 is 10.7. The number of rotatable bonds is 1. The summed E-state index contributed by atoms with van der Waals surface area (Å²) in [6.45, 7) is 0.992. The molecule has 0 radical (unpaired) electrons. The van der Waals surface area contributed by atoms with Crippen molar-refractivity contribution in [2.24, 2.45) is 0 Å². The molecule has 3 rings (SSSR count). The highest BCUT2D eigenvalue weighted by atomic mass is 35.5. The fourth-order valence-electron chi connectivity index (χ4n) is 2.23. The lowest BCUT2D eigenvalue weighted by atomic mass is 9.97. The molecule has 17 heavy (non-hydrogen) atoms. The van der Waals surface area contributed by atoms with E-state index in [2.05, 4.69) is 0 Å². The second-order valence-electron chi connectivity index (χ2n) is 4.15. The number of cyclic esters (lactones) is 1. The molecule has 2 heterocycles. The van der Waals surface area contributed by atoms with Crippen LogP contribution < -0.4 is 0 Å². The number of halogens is 1. The van der Waals surface area contributed by atoms with Crippen molar-refractivity contribution in [1.82, 2.24) is 0 Å². The smallest absolute Gasteiger partial charge is 0.337 e. The summed E-state index contributed by atoms with van der Waals surface area (Å²) in [5, 5.41) is 0.673. The van der Waals surface area contributed by atoms with E-state index in [0.29, 0.717) is 23.8 Å². The Bertz CT molecular complexity index is 490. The van der Waals surface area contributed by atoms with Gasteiger partial charge in [-0.2, -0.15) is 0 Å². The van der Waals surface area contributed by atoms with Crippen molar-refractivity contribution in [2.75, 3.05) is 13.2 Å². The highest BCUT2D eigenvalue weighted by Gasteiger charge is 2.35. The van der Waals surface area contributed by atoms with E-state index < -0.39 is 0 Å². The van der Waals surface area contributed by atoms with Crippen LogP contribution in [-0.2, 0) is 14.3 Å². The largest absolute Gasteiger partial charge is 0.462 e. The number of esters is 1. The van der Waals surface area contributed by atoms with Crippen molar-refractivity contribution in [1.29, 1.82) is 0 Å². The van der Waals surface area contributed by atoms with Crippen LogP contribution in [0.5, 0.6) is 0 Å². The van der Waals surface area contributed by atoms with Crippen molar-refractivity contribution in [3.63, 3.8) is 0 Å². The van der Waals surface area contributed by atoms with Gasteiger partial charge in [-0.05, 0) is 23.3 Å². The van der Waals surface area contributed by atoms with Crippen molar-refractivity contribution in [2.45, 2.75) is 12.5 Å². The Hall–Kier alpha value is -1.32. The molecule has 0 saturated carbocycles. The van der Waals surface area contributed by atoms with E-state index in [1.807, 2.05) is 12.1 Å². The lowest BCUT2D eigenvalue weighted by Gasteiger charge is -2.17. The zero-order valence-electron chi connectivity index (χ0n) is 9.11. The van der Waals surface area contributed by atoms with Gasteiger partial charge in [0.1, 0.15) is 6.10 Å². The summed E-state index contributed by atoms with van der Waals surface area (Å²) in [6.07, 6.45) is 0.487. The van der Waals surface area contributed by atoms with Crippen molar-refractivity contribution in [3.8, 4) is 0 Å². The average Bonchev–Trinajstić information content (AvgIpc) is 2.75. The third-order valence-electron chi connectivity index (χ3n) is 3.10. The fourth-order valence-corrected chi connectivity index (χ4v) is 2.36. The lowest BCUT2D eigenvalue weighted by molar-refractivity contribution is -0.140. The number of benzene rings is 1. The Morgan fingerprint density at radius 3 is 2.76 bits per heavy atom. The predicted molar refractivity (Wildman–Crippen MR) is 62.7 cm³/mol. The van der Waals surface area contributed by atoms with E-state index in [0.717, 1.165) is 17.6 Å². The summed E-state index contributed by atoms with van der Waals surface area (Å²) >= 11 is 5.84. The number of hydrogen-bond acceptors (Lipinski definition) is 3. The van der Waals surface area contributed by atoms with Crippen LogP contribution in [0.2, 0.25) is 5.02 Å². The van der Waals surface area contributed by atoms with Gasteiger partial charge in [-0.25, -0.2) is 4.79 Å². The van der Waals surface area contributed by atoms with Gasteiger partial charge in [0.25, 0.3) is 0 Å². The van der Waals surface area contributed by atoms with E-state index in [4.69, 9.17) is 21.1 Å². The van der Waals surface area contributed by atoms with Gasteiger partial charge in [0.2, 0.25) is 0 Å². The van der Waals surface area contributed by atoms with Crippen LogP contribution in [0.15, 0.2) is 35.4 Å².